The minimum absolute atomic E-state index is 0.00337. The minimum atomic E-state index is -0.00337. The predicted octanol–water partition coefficient (Wildman–Crippen LogP) is 2.82. The summed E-state index contributed by atoms with van der Waals surface area (Å²) in [5.74, 6) is 1.57. The number of amides is 1. The van der Waals surface area contributed by atoms with Crippen molar-refractivity contribution in [2.24, 2.45) is 0 Å². The third-order valence-corrected chi connectivity index (χ3v) is 3.71. The topological polar surface area (TPSA) is 67.0 Å². The van der Waals surface area contributed by atoms with Gasteiger partial charge in [-0.3, -0.25) is 4.79 Å². The Balaban J connectivity index is 1.53. The summed E-state index contributed by atoms with van der Waals surface area (Å²) in [5.41, 5.74) is 2.92. The van der Waals surface area contributed by atoms with E-state index in [9.17, 15) is 4.79 Å². The van der Waals surface area contributed by atoms with Gasteiger partial charge in [-0.15, -0.1) is 0 Å². The van der Waals surface area contributed by atoms with E-state index in [4.69, 9.17) is 4.74 Å². The summed E-state index contributed by atoms with van der Waals surface area (Å²) in [4.78, 5) is 19.6. The number of aromatic amines is 1. The quantitative estimate of drug-likeness (QED) is 0.736. The number of ether oxygens (including phenoxy) is 1. The molecular formula is C18H19N3O2. The van der Waals surface area contributed by atoms with Gasteiger partial charge in [0.1, 0.15) is 11.6 Å². The molecule has 0 aliphatic heterocycles. The molecule has 1 amide bonds. The van der Waals surface area contributed by atoms with Gasteiger partial charge in [-0.1, -0.05) is 30.3 Å². The van der Waals surface area contributed by atoms with E-state index in [1.54, 1.807) is 7.11 Å². The lowest BCUT2D eigenvalue weighted by atomic mass is 10.1. The Morgan fingerprint density at radius 3 is 2.78 bits per heavy atom. The number of carbonyl (C=O) groups is 1. The largest absolute Gasteiger partial charge is 0.496 e. The SMILES string of the molecule is COc1ccccc1CCC(=O)NCc1nc2ccccc2[nH]1. The number of aromatic nitrogens is 2. The number of methoxy groups -OCH3 is 1. The Hall–Kier alpha value is -2.82. The van der Waals surface area contributed by atoms with Crippen molar-refractivity contribution < 1.29 is 9.53 Å². The number of aryl methyl sites for hydroxylation is 1. The Kier molecular flexibility index (Phi) is 4.57. The summed E-state index contributed by atoms with van der Waals surface area (Å²) in [7, 11) is 1.64. The summed E-state index contributed by atoms with van der Waals surface area (Å²) in [5, 5.41) is 2.89. The van der Waals surface area contributed by atoms with Gasteiger partial charge in [0, 0.05) is 6.42 Å². The normalized spacial score (nSPS) is 10.7. The number of imidazole rings is 1. The van der Waals surface area contributed by atoms with Gasteiger partial charge in [0.25, 0.3) is 0 Å². The first-order valence-electron chi connectivity index (χ1n) is 7.58. The van der Waals surface area contributed by atoms with Crippen molar-refractivity contribution in [3.8, 4) is 5.75 Å². The van der Waals surface area contributed by atoms with Crippen molar-refractivity contribution in [1.29, 1.82) is 0 Å². The number of benzene rings is 2. The maximum absolute atomic E-state index is 12.0. The molecule has 1 heterocycles. The van der Waals surface area contributed by atoms with Gasteiger partial charge in [0.05, 0.1) is 24.7 Å². The highest BCUT2D eigenvalue weighted by Gasteiger charge is 2.07. The first-order chi connectivity index (χ1) is 11.3. The number of para-hydroxylation sites is 3. The van der Waals surface area contributed by atoms with Gasteiger partial charge < -0.3 is 15.0 Å². The van der Waals surface area contributed by atoms with Gasteiger partial charge in [-0.05, 0) is 30.2 Å². The van der Waals surface area contributed by atoms with Crippen molar-refractivity contribution in [3.05, 3.63) is 59.9 Å². The van der Waals surface area contributed by atoms with E-state index in [0.29, 0.717) is 19.4 Å². The van der Waals surface area contributed by atoms with E-state index in [0.717, 1.165) is 28.2 Å². The number of fused-ring (bicyclic) bond motifs is 1. The average molecular weight is 309 g/mol. The van der Waals surface area contributed by atoms with E-state index < -0.39 is 0 Å². The van der Waals surface area contributed by atoms with E-state index in [2.05, 4.69) is 15.3 Å². The Bertz CT molecular complexity index is 778. The minimum Gasteiger partial charge on any atom is -0.496 e. The fraction of sp³-hybridized carbons (Fsp3) is 0.222. The first-order valence-corrected chi connectivity index (χ1v) is 7.58. The Morgan fingerprint density at radius 1 is 1.17 bits per heavy atom. The smallest absolute Gasteiger partial charge is 0.220 e. The molecule has 5 nitrogen and oxygen atoms in total. The van der Waals surface area contributed by atoms with Crippen LogP contribution in [0.5, 0.6) is 5.75 Å². The summed E-state index contributed by atoms with van der Waals surface area (Å²) in [6.45, 7) is 0.402. The van der Waals surface area contributed by atoms with Gasteiger partial charge in [0.15, 0.2) is 0 Å². The molecule has 0 unspecified atom stereocenters. The number of rotatable bonds is 6. The van der Waals surface area contributed by atoms with Crippen LogP contribution in [0.1, 0.15) is 17.8 Å². The number of carbonyl (C=O) groups excluding carboxylic acids is 1. The molecule has 3 rings (SSSR count). The fourth-order valence-corrected chi connectivity index (χ4v) is 2.52. The van der Waals surface area contributed by atoms with E-state index >= 15 is 0 Å². The van der Waals surface area contributed by atoms with Crippen LogP contribution in [0.25, 0.3) is 11.0 Å². The molecule has 0 fully saturated rings. The van der Waals surface area contributed by atoms with Crippen LogP contribution in [0.15, 0.2) is 48.5 Å². The van der Waals surface area contributed by atoms with Crippen LogP contribution in [0.4, 0.5) is 0 Å². The maximum atomic E-state index is 12.0. The number of hydrogen-bond acceptors (Lipinski definition) is 3. The zero-order chi connectivity index (χ0) is 16.1. The van der Waals surface area contributed by atoms with Crippen LogP contribution in [0.2, 0.25) is 0 Å². The molecule has 118 valence electrons. The standard InChI is InChI=1S/C18H19N3O2/c1-23-16-9-5-2-6-13(16)10-11-18(22)19-12-17-20-14-7-3-4-8-15(14)21-17/h2-9H,10-12H2,1H3,(H,19,22)(H,20,21). The molecule has 0 saturated carbocycles. The zero-order valence-electron chi connectivity index (χ0n) is 13.0. The van der Waals surface area contributed by atoms with Crippen LogP contribution in [-0.2, 0) is 17.8 Å². The highest BCUT2D eigenvalue weighted by atomic mass is 16.5. The molecule has 0 aliphatic carbocycles. The molecule has 23 heavy (non-hydrogen) atoms. The molecule has 0 atom stereocenters. The third-order valence-electron chi connectivity index (χ3n) is 3.71. The number of hydrogen-bond donors (Lipinski definition) is 2. The Labute approximate surface area is 134 Å². The monoisotopic (exact) mass is 309 g/mol. The van der Waals surface area contributed by atoms with Crippen LogP contribution >= 0.6 is 0 Å². The number of nitrogens with one attached hydrogen (secondary N) is 2. The van der Waals surface area contributed by atoms with Crippen molar-refractivity contribution in [2.75, 3.05) is 7.11 Å². The molecule has 0 radical (unpaired) electrons. The molecule has 2 N–H and O–H groups in total. The van der Waals surface area contributed by atoms with Crippen LogP contribution < -0.4 is 10.1 Å². The zero-order valence-corrected chi connectivity index (χ0v) is 13.0. The van der Waals surface area contributed by atoms with Crippen LogP contribution in [0.3, 0.4) is 0 Å². The molecule has 0 spiro atoms. The summed E-state index contributed by atoms with van der Waals surface area (Å²) in [6.07, 6.45) is 1.07. The van der Waals surface area contributed by atoms with Crippen molar-refractivity contribution in [1.82, 2.24) is 15.3 Å². The summed E-state index contributed by atoms with van der Waals surface area (Å²) < 4.78 is 5.29. The number of nitrogens with zero attached hydrogens (tertiary/aromatic N) is 1. The highest BCUT2D eigenvalue weighted by molar-refractivity contribution is 5.77. The van der Waals surface area contributed by atoms with Crippen LogP contribution in [-0.4, -0.2) is 23.0 Å². The van der Waals surface area contributed by atoms with Crippen molar-refractivity contribution >= 4 is 16.9 Å². The molecule has 2 aromatic carbocycles. The number of H-pyrrole nitrogens is 1. The Morgan fingerprint density at radius 2 is 1.96 bits per heavy atom. The summed E-state index contributed by atoms with van der Waals surface area (Å²) in [6, 6.07) is 15.6. The molecule has 0 bridgehead atoms. The molecule has 3 aromatic rings. The predicted molar refractivity (Wildman–Crippen MR) is 89.3 cm³/mol. The molecule has 0 aliphatic rings. The molecule has 5 heteroatoms. The molecular weight excluding hydrogens is 290 g/mol. The second-order valence-corrected chi connectivity index (χ2v) is 5.29. The lowest BCUT2D eigenvalue weighted by Crippen LogP contribution is -2.23. The maximum Gasteiger partial charge on any atom is 0.220 e. The lowest BCUT2D eigenvalue weighted by molar-refractivity contribution is -0.121. The second-order valence-electron chi connectivity index (χ2n) is 5.29. The van der Waals surface area contributed by atoms with Crippen LogP contribution in [0, 0.1) is 0 Å². The van der Waals surface area contributed by atoms with Gasteiger partial charge in [-0.25, -0.2) is 4.98 Å². The fourth-order valence-electron chi connectivity index (χ4n) is 2.52. The van der Waals surface area contributed by atoms with E-state index in [-0.39, 0.29) is 5.91 Å². The van der Waals surface area contributed by atoms with E-state index in [1.807, 2.05) is 48.5 Å². The van der Waals surface area contributed by atoms with Gasteiger partial charge in [0.2, 0.25) is 5.91 Å². The highest BCUT2D eigenvalue weighted by Crippen LogP contribution is 2.18. The van der Waals surface area contributed by atoms with Crippen molar-refractivity contribution in [2.45, 2.75) is 19.4 Å². The summed E-state index contributed by atoms with van der Waals surface area (Å²) >= 11 is 0. The van der Waals surface area contributed by atoms with Gasteiger partial charge in [-0.2, -0.15) is 0 Å². The third kappa shape index (κ3) is 3.69. The lowest BCUT2D eigenvalue weighted by Gasteiger charge is -2.08. The second kappa shape index (κ2) is 6.96. The molecule has 1 aromatic heterocycles. The van der Waals surface area contributed by atoms with Crippen molar-refractivity contribution in [3.63, 3.8) is 0 Å². The average Bonchev–Trinajstić information content (AvgIpc) is 3.01. The first kappa shape index (κ1) is 15.1. The van der Waals surface area contributed by atoms with E-state index in [1.165, 1.54) is 0 Å². The molecule has 0 saturated heterocycles. The van der Waals surface area contributed by atoms with Gasteiger partial charge >= 0.3 is 0 Å².